The van der Waals surface area contributed by atoms with Crippen LogP contribution in [0.2, 0.25) is 0 Å². The van der Waals surface area contributed by atoms with Gasteiger partial charge in [-0.25, -0.2) is 0 Å². The number of rotatable bonds is 22. The van der Waals surface area contributed by atoms with Crippen molar-refractivity contribution < 1.29 is 38.1 Å². The molecule has 0 fully saturated rings. The number of nitrogens with two attached hydrogens (primary N) is 2. The summed E-state index contributed by atoms with van der Waals surface area (Å²) in [7, 11) is 0. The van der Waals surface area contributed by atoms with Crippen LogP contribution in [0.25, 0.3) is 0 Å². The fraction of sp³-hybridized carbons (Fsp3) is 0.375. The summed E-state index contributed by atoms with van der Waals surface area (Å²) in [5, 5.41) is 6.48. The lowest BCUT2D eigenvalue weighted by Gasteiger charge is -2.24. The standard InChI is InChI=1S/C32H40N4O8/c33-27(37)9-3-5-15-41-19-21-43-17-13-35-25-11-12-26(36-14-18-44-22-20-42-16-6-4-10-28(34)38)30-29(25)31(39)23-7-1-2-8-24(23)32(30)40/h1-4,7-12,35-36H,5-6,13-22H2,(H2,33,37)(H2,34,38). The van der Waals surface area contributed by atoms with Crippen molar-refractivity contribution >= 4 is 34.8 Å². The van der Waals surface area contributed by atoms with E-state index in [4.69, 9.17) is 30.4 Å². The first-order valence-electron chi connectivity index (χ1n) is 14.5. The van der Waals surface area contributed by atoms with E-state index < -0.39 is 11.8 Å². The summed E-state index contributed by atoms with van der Waals surface area (Å²) in [6.07, 6.45) is 7.08. The van der Waals surface area contributed by atoms with E-state index in [1.165, 1.54) is 12.2 Å². The summed E-state index contributed by atoms with van der Waals surface area (Å²) in [5.74, 6) is -1.42. The predicted molar refractivity (Wildman–Crippen MR) is 166 cm³/mol. The molecule has 6 N–H and O–H groups in total. The molecule has 12 heteroatoms. The monoisotopic (exact) mass is 608 g/mol. The molecule has 0 saturated heterocycles. The Labute approximate surface area is 256 Å². The van der Waals surface area contributed by atoms with E-state index in [0.717, 1.165) is 0 Å². The van der Waals surface area contributed by atoms with Crippen LogP contribution < -0.4 is 22.1 Å². The van der Waals surface area contributed by atoms with Crippen LogP contribution in [0.4, 0.5) is 11.4 Å². The topological polar surface area (TPSA) is 181 Å². The number of anilines is 2. The molecular weight excluding hydrogens is 568 g/mol. The van der Waals surface area contributed by atoms with Gasteiger partial charge in [-0.2, -0.15) is 0 Å². The molecule has 0 atom stereocenters. The van der Waals surface area contributed by atoms with Crippen molar-refractivity contribution in [3.8, 4) is 0 Å². The van der Waals surface area contributed by atoms with Gasteiger partial charge in [-0.05, 0) is 37.1 Å². The third-order valence-corrected chi connectivity index (χ3v) is 6.37. The highest BCUT2D eigenvalue weighted by Crippen LogP contribution is 2.36. The Morgan fingerprint density at radius 1 is 0.591 bits per heavy atom. The third-order valence-electron chi connectivity index (χ3n) is 6.37. The van der Waals surface area contributed by atoms with Crippen LogP contribution in [0.3, 0.4) is 0 Å². The first-order valence-corrected chi connectivity index (χ1v) is 14.5. The molecular formula is C32H40N4O8. The van der Waals surface area contributed by atoms with E-state index in [2.05, 4.69) is 10.6 Å². The Bertz CT molecular complexity index is 1240. The van der Waals surface area contributed by atoms with Crippen molar-refractivity contribution in [1.29, 1.82) is 0 Å². The van der Waals surface area contributed by atoms with Crippen LogP contribution in [0, 0.1) is 0 Å². The van der Waals surface area contributed by atoms with Crippen LogP contribution in [0.1, 0.15) is 44.7 Å². The van der Waals surface area contributed by atoms with Crippen LogP contribution >= 0.6 is 0 Å². The van der Waals surface area contributed by atoms with Crippen molar-refractivity contribution in [1.82, 2.24) is 0 Å². The Hall–Kier alpha value is -4.36. The maximum absolute atomic E-state index is 13.6. The third kappa shape index (κ3) is 11.0. The van der Waals surface area contributed by atoms with Gasteiger partial charge in [0.1, 0.15) is 0 Å². The molecule has 0 unspecified atom stereocenters. The van der Waals surface area contributed by atoms with Gasteiger partial charge >= 0.3 is 0 Å². The van der Waals surface area contributed by atoms with E-state index in [1.54, 1.807) is 48.6 Å². The molecule has 3 rings (SSSR count). The number of ether oxygens (including phenoxy) is 4. The molecule has 0 spiro atoms. The molecule has 0 heterocycles. The van der Waals surface area contributed by atoms with E-state index >= 15 is 0 Å². The van der Waals surface area contributed by atoms with Crippen molar-refractivity contribution in [2.24, 2.45) is 11.5 Å². The lowest BCUT2D eigenvalue weighted by atomic mass is 9.82. The molecule has 0 aromatic heterocycles. The van der Waals surface area contributed by atoms with Gasteiger partial charge in [-0.3, -0.25) is 19.2 Å². The van der Waals surface area contributed by atoms with Crippen molar-refractivity contribution in [3.63, 3.8) is 0 Å². The predicted octanol–water partition coefficient (Wildman–Crippen LogP) is 2.22. The van der Waals surface area contributed by atoms with Crippen LogP contribution in [-0.2, 0) is 28.5 Å². The van der Waals surface area contributed by atoms with Crippen LogP contribution in [0.15, 0.2) is 60.7 Å². The second-order valence-electron chi connectivity index (χ2n) is 9.60. The number of nitrogens with one attached hydrogen (secondary N) is 2. The zero-order chi connectivity index (χ0) is 31.6. The second-order valence-corrected chi connectivity index (χ2v) is 9.60. The Morgan fingerprint density at radius 2 is 0.977 bits per heavy atom. The van der Waals surface area contributed by atoms with Crippen molar-refractivity contribution in [2.75, 3.05) is 76.6 Å². The zero-order valence-corrected chi connectivity index (χ0v) is 24.7. The Kier molecular flexibility index (Phi) is 14.8. The lowest BCUT2D eigenvalue weighted by Crippen LogP contribution is -2.25. The highest BCUT2D eigenvalue weighted by atomic mass is 16.5. The van der Waals surface area contributed by atoms with E-state index in [-0.39, 0.29) is 11.6 Å². The summed E-state index contributed by atoms with van der Waals surface area (Å²) in [6.45, 7) is 4.04. The van der Waals surface area contributed by atoms with Gasteiger partial charge in [-0.15, -0.1) is 0 Å². The van der Waals surface area contributed by atoms with E-state index in [1.807, 2.05) is 0 Å². The second kappa shape index (κ2) is 19.0. The van der Waals surface area contributed by atoms with Gasteiger partial charge in [0.25, 0.3) is 0 Å². The van der Waals surface area contributed by atoms with Crippen molar-refractivity contribution in [3.05, 3.63) is 83.0 Å². The summed E-state index contributed by atoms with van der Waals surface area (Å²) in [5.41, 5.74) is 12.6. The number of benzene rings is 2. The van der Waals surface area contributed by atoms with Crippen LogP contribution in [-0.4, -0.2) is 89.3 Å². The smallest absolute Gasteiger partial charge is 0.241 e. The molecule has 2 aromatic rings. The fourth-order valence-corrected chi connectivity index (χ4v) is 4.38. The molecule has 0 saturated carbocycles. The van der Waals surface area contributed by atoms with E-state index in [0.29, 0.717) is 112 Å². The fourth-order valence-electron chi connectivity index (χ4n) is 4.38. The number of ketones is 2. The summed E-state index contributed by atoms with van der Waals surface area (Å²) >= 11 is 0. The molecule has 0 aliphatic heterocycles. The molecule has 12 nitrogen and oxygen atoms in total. The summed E-state index contributed by atoms with van der Waals surface area (Å²) in [6, 6.07) is 10.4. The van der Waals surface area contributed by atoms with Crippen LogP contribution in [0.5, 0.6) is 0 Å². The molecule has 2 aromatic carbocycles. The molecule has 1 aliphatic carbocycles. The van der Waals surface area contributed by atoms with Gasteiger partial charge in [0.2, 0.25) is 11.8 Å². The van der Waals surface area contributed by atoms with E-state index in [9.17, 15) is 19.2 Å². The first-order chi connectivity index (χ1) is 21.4. The average Bonchev–Trinajstić information content (AvgIpc) is 3.01. The molecule has 2 amide bonds. The highest BCUT2D eigenvalue weighted by Gasteiger charge is 2.33. The number of carbonyl (C=O) groups excluding carboxylic acids is 4. The zero-order valence-electron chi connectivity index (χ0n) is 24.7. The molecule has 236 valence electrons. The molecule has 1 aliphatic rings. The minimum Gasteiger partial charge on any atom is -0.382 e. The van der Waals surface area contributed by atoms with Gasteiger partial charge in [-0.1, -0.05) is 36.4 Å². The number of hydrogen-bond donors (Lipinski definition) is 4. The maximum atomic E-state index is 13.6. The quantitative estimate of drug-likeness (QED) is 0.0975. The van der Waals surface area contributed by atoms with Gasteiger partial charge in [0.05, 0.1) is 64.0 Å². The van der Waals surface area contributed by atoms with Gasteiger partial charge in [0, 0.05) is 35.6 Å². The minimum atomic E-state index is -0.489. The van der Waals surface area contributed by atoms with Gasteiger partial charge < -0.3 is 41.0 Å². The van der Waals surface area contributed by atoms with Gasteiger partial charge in [0.15, 0.2) is 11.6 Å². The molecule has 0 radical (unpaired) electrons. The summed E-state index contributed by atoms with van der Waals surface area (Å²) < 4.78 is 22.1. The average molecular weight is 609 g/mol. The lowest BCUT2D eigenvalue weighted by molar-refractivity contribution is -0.114. The Morgan fingerprint density at radius 3 is 1.36 bits per heavy atom. The number of hydrogen-bond acceptors (Lipinski definition) is 10. The number of amides is 2. The maximum Gasteiger partial charge on any atom is 0.241 e. The summed E-state index contributed by atoms with van der Waals surface area (Å²) in [4.78, 5) is 48.4. The first kappa shape index (κ1) is 34.1. The highest BCUT2D eigenvalue weighted by molar-refractivity contribution is 6.31. The van der Waals surface area contributed by atoms with Crippen molar-refractivity contribution in [2.45, 2.75) is 12.8 Å². The Balaban J connectivity index is 1.49. The number of carbonyl (C=O) groups is 4. The molecule has 0 bridgehead atoms. The minimum absolute atomic E-state index is 0.222. The normalized spacial score (nSPS) is 12.5. The largest absolute Gasteiger partial charge is 0.382 e. The molecule has 44 heavy (non-hydrogen) atoms. The number of primary amides is 2. The SMILES string of the molecule is NC(=O)C=CCCOCCOCCNc1ccc(NCCOCCOCCC=CC(N)=O)c2c1C(=O)c1ccccc1C2=O. The number of fused-ring (bicyclic) bond motifs is 2.